The van der Waals surface area contributed by atoms with Crippen LogP contribution in [0.15, 0.2) is 24.3 Å². The maximum absolute atomic E-state index is 12.4. The zero-order valence-electron chi connectivity index (χ0n) is 17.7. The average Bonchev–Trinajstić information content (AvgIpc) is 2.94. The number of carbonyl (C=O) groups is 2. The number of urea groups is 1. The molecule has 0 unspecified atom stereocenters. The second-order valence-corrected chi connectivity index (χ2v) is 7.21. The van der Waals surface area contributed by atoms with Crippen LogP contribution >= 0.6 is 0 Å². The molecule has 3 amide bonds. The summed E-state index contributed by atoms with van der Waals surface area (Å²) >= 11 is 0. The van der Waals surface area contributed by atoms with Crippen molar-refractivity contribution in [1.29, 1.82) is 0 Å². The molecule has 7 nitrogen and oxygen atoms in total. The van der Waals surface area contributed by atoms with Crippen molar-refractivity contribution in [3.8, 4) is 0 Å². The highest BCUT2D eigenvalue weighted by Crippen LogP contribution is 2.21. The van der Waals surface area contributed by atoms with Gasteiger partial charge < -0.3 is 15.5 Å². The van der Waals surface area contributed by atoms with Crippen LogP contribution in [-0.2, 0) is 17.8 Å². The zero-order valence-corrected chi connectivity index (χ0v) is 17.7. The van der Waals surface area contributed by atoms with Crippen molar-refractivity contribution in [2.45, 2.75) is 53.1 Å². The summed E-state index contributed by atoms with van der Waals surface area (Å²) in [7, 11) is 3.51. The van der Waals surface area contributed by atoms with Gasteiger partial charge in [0.1, 0.15) is 0 Å². The van der Waals surface area contributed by atoms with Gasteiger partial charge in [-0.2, -0.15) is 5.10 Å². The second kappa shape index (κ2) is 9.39. The molecule has 0 radical (unpaired) electrons. The topological polar surface area (TPSA) is 79.3 Å². The molecule has 0 aliphatic rings. The summed E-state index contributed by atoms with van der Waals surface area (Å²) < 4.78 is 1.94. The number of nitrogens with zero attached hydrogens (tertiary/aromatic N) is 3. The smallest absolute Gasteiger partial charge is 0.319 e. The van der Waals surface area contributed by atoms with E-state index < -0.39 is 0 Å². The Morgan fingerprint density at radius 1 is 1.18 bits per heavy atom. The Bertz CT molecular complexity index is 824. The van der Waals surface area contributed by atoms with Gasteiger partial charge in [-0.05, 0) is 51.8 Å². The molecular formula is C21H31N5O2. The van der Waals surface area contributed by atoms with Gasteiger partial charge in [-0.3, -0.25) is 9.48 Å². The standard InChI is InChI=1S/C21H31N5O2/c1-7-26-16(4)20(15(3)24-26)14(2)22-21(28)23-18-11-8-17(9-12-18)10-13-19(27)25(5)6/h8-9,11-12,14H,7,10,13H2,1-6H3,(H2,22,23,28)/t14-/m1/s1. The van der Waals surface area contributed by atoms with E-state index in [1.165, 1.54) is 0 Å². The first-order chi connectivity index (χ1) is 13.2. The fourth-order valence-electron chi connectivity index (χ4n) is 3.31. The molecule has 0 bridgehead atoms. The minimum atomic E-state index is -0.258. The summed E-state index contributed by atoms with van der Waals surface area (Å²) in [6.45, 7) is 8.80. The minimum Gasteiger partial charge on any atom is -0.349 e. The zero-order chi connectivity index (χ0) is 20.8. The molecule has 0 fully saturated rings. The molecule has 0 spiro atoms. The van der Waals surface area contributed by atoms with Crippen molar-refractivity contribution in [2.75, 3.05) is 19.4 Å². The summed E-state index contributed by atoms with van der Waals surface area (Å²) in [4.78, 5) is 25.6. The first kappa shape index (κ1) is 21.5. The van der Waals surface area contributed by atoms with Crippen molar-refractivity contribution in [1.82, 2.24) is 20.0 Å². The van der Waals surface area contributed by atoms with Crippen LogP contribution in [0.1, 0.15) is 48.8 Å². The number of anilines is 1. The van der Waals surface area contributed by atoms with Gasteiger partial charge in [0, 0.05) is 44.0 Å². The van der Waals surface area contributed by atoms with Crippen LogP contribution < -0.4 is 10.6 Å². The highest BCUT2D eigenvalue weighted by Gasteiger charge is 2.18. The van der Waals surface area contributed by atoms with Gasteiger partial charge >= 0.3 is 6.03 Å². The quantitative estimate of drug-likeness (QED) is 0.766. The molecule has 0 saturated carbocycles. The van der Waals surface area contributed by atoms with E-state index in [-0.39, 0.29) is 18.0 Å². The van der Waals surface area contributed by atoms with Crippen molar-refractivity contribution in [3.05, 3.63) is 46.8 Å². The van der Waals surface area contributed by atoms with Gasteiger partial charge in [-0.15, -0.1) is 0 Å². The molecule has 1 aromatic carbocycles. The fourth-order valence-corrected chi connectivity index (χ4v) is 3.31. The van der Waals surface area contributed by atoms with Crippen LogP contribution in [0, 0.1) is 13.8 Å². The Morgan fingerprint density at radius 3 is 2.36 bits per heavy atom. The third-order valence-corrected chi connectivity index (χ3v) is 4.86. The molecule has 0 aliphatic carbocycles. The molecule has 7 heteroatoms. The van der Waals surface area contributed by atoms with Crippen molar-refractivity contribution in [2.24, 2.45) is 0 Å². The Kier molecular flexibility index (Phi) is 7.20. The first-order valence-corrected chi connectivity index (χ1v) is 9.63. The van der Waals surface area contributed by atoms with E-state index in [0.29, 0.717) is 18.5 Å². The van der Waals surface area contributed by atoms with Gasteiger partial charge in [0.2, 0.25) is 5.91 Å². The van der Waals surface area contributed by atoms with Gasteiger partial charge in [-0.1, -0.05) is 12.1 Å². The maximum Gasteiger partial charge on any atom is 0.319 e. The highest BCUT2D eigenvalue weighted by atomic mass is 16.2. The Morgan fingerprint density at radius 2 is 1.82 bits per heavy atom. The Labute approximate surface area is 167 Å². The van der Waals surface area contributed by atoms with Crippen LogP contribution in [0.5, 0.6) is 0 Å². The lowest BCUT2D eigenvalue weighted by Crippen LogP contribution is -2.31. The van der Waals surface area contributed by atoms with E-state index in [4.69, 9.17) is 0 Å². The highest BCUT2D eigenvalue weighted by molar-refractivity contribution is 5.89. The molecule has 0 saturated heterocycles. The summed E-state index contributed by atoms with van der Waals surface area (Å²) in [5.74, 6) is 0.104. The number of aryl methyl sites for hydroxylation is 3. The van der Waals surface area contributed by atoms with Gasteiger partial charge in [0.25, 0.3) is 0 Å². The fraction of sp³-hybridized carbons (Fsp3) is 0.476. The molecule has 1 heterocycles. The summed E-state index contributed by atoms with van der Waals surface area (Å²) in [5.41, 5.74) is 4.84. The molecule has 2 N–H and O–H groups in total. The first-order valence-electron chi connectivity index (χ1n) is 9.63. The largest absolute Gasteiger partial charge is 0.349 e. The minimum absolute atomic E-state index is 0.104. The van der Waals surface area contributed by atoms with E-state index in [0.717, 1.165) is 29.1 Å². The molecule has 1 aromatic heterocycles. The van der Waals surface area contributed by atoms with Crippen LogP contribution in [0.3, 0.4) is 0 Å². The lowest BCUT2D eigenvalue weighted by atomic mass is 10.1. The monoisotopic (exact) mass is 385 g/mol. The van der Waals surface area contributed by atoms with E-state index in [9.17, 15) is 9.59 Å². The SMILES string of the molecule is CCn1nc(C)c([C@@H](C)NC(=O)Nc2ccc(CCC(=O)N(C)C)cc2)c1C. The predicted octanol–water partition coefficient (Wildman–Crippen LogP) is 3.42. The van der Waals surface area contributed by atoms with E-state index in [1.807, 2.05) is 56.6 Å². The summed E-state index contributed by atoms with van der Waals surface area (Å²) in [6, 6.07) is 7.17. The van der Waals surface area contributed by atoms with E-state index >= 15 is 0 Å². The molecule has 2 rings (SSSR count). The second-order valence-electron chi connectivity index (χ2n) is 7.21. The number of aromatic nitrogens is 2. The molecule has 2 aromatic rings. The molecule has 0 aliphatic heterocycles. The number of amides is 3. The average molecular weight is 386 g/mol. The number of benzene rings is 1. The molecular weight excluding hydrogens is 354 g/mol. The Hall–Kier alpha value is -2.83. The normalized spacial score (nSPS) is 11.8. The van der Waals surface area contributed by atoms with E-state index in [2.05, 4.69) is 15.7 Å². The molecule has 28 heavy (non-hydrogen) atoms. The summed E-state index contributed by atoms with van der Waals surface area (Å²) in [5, 5.41) is 10.3. The van der Waals surface area contributed by atoms with Crippen molar-refractivity contribution >= 4 is 17.6 Å². The van der Waals surface area contributed by atoms with Gasteiger partial charge in [0.05, 0.1) is 11.7 Å². The third kappa shape index (κ3) is 5.34. The van der Waals surface area contributed by atoms with Crippen LogP contribution in [0.4, 0.5) is 10.5 Å². The van der Waals surface area contributed by atoms with E-state index in [1.54, 1.807) is 19.0 Å². The predicted molar refractivity (Wildman–Crippen MR) is 111 cm³/mol. The summed E-state index contributed by atoms with van der Waals surface area (Å²) in [6.07, 6.45) is 1.16. The number of hydrogen-bond donors (Lipinski definition) is 2. The molecule has 1 atom stereocenters. The van der Waals surface area contributed by atoms with Crippen LogP contribution in [0.25, 0.3) is 0 Å². The van der Waals surface area contributed by atoms with Gasteiger partial charge in [-0.25, -0.2) is 4.79 Å². The van der Waals surface area contributed by atoms with Crippen LogP contribution in [-0.4, -0.2) is 40.7 Å². The lowest BCUT2D eigenvalue weighted by molar-refractivity contribution is -0.128. The Balaban J connectivity index is 1.92. The van der Waals surface area contributed by atoms with Gasteiger partial charge in [0.15, 0.2) is 0 Å². The van der Waals surface area contributed by atoms with Crippen molar-refractivity contribution in [3.63, 3.8) is 0 Å². The number of rotatable bonds is 7. The number of carbonyl (C=O) groups excluding carboxylic acids is 2. The third-order valence-electron chi connectivity index (χ3n) is 4.86. The lowest BCUT2D eigenvalue weighted by Gasteiger charge is -2.16. The van der Waals surface area contributed by atoms with Crippen LogP contribution in [0.2, 0.25) is 0 Å². The maximum atomic E-state index is 12.4. The molecule has 152 valence electrons. The number of hydrogen-bond acceptors (Lipinski definition) is 3. The van der Waals surface area contributed by atoms with Crippen molar-refractivity contribution < 1.29 is 9.59 Å². The number of nitrogens with one attached hydrogen (secondary N) is 2.